The molecule has 0 bridgehead atoms. The molecule has 15 heteroatoms. The fourth-order valence-corrected chi connectivity index (χ4v) is 11.3. The van der Waals surface area contributed by atoms with Crippen molar-refractivity contribution in [3.63, 3.8) is 0 Å². The largest absolute Gasteiger partial charge is 0.347 e. The molecule has 5 N–H and O–H groups in total. The maximum Gasteiger partial charge on any atom is 0.251 e. The van der Waals surface area contributed by atoms with E-state index >= 15 is 9.59 Å². The second-order valence-corrected chi connectivity index (χ2v) is 24.3. The molecule has 1 aliphatic carbocycles. The summed E-state index contributed by atoms with van der Waals surface area (Å²) in [5.41, 5.74) is 4.88. The topological polar surface area (TPSA) is 189 Å². The molecular weight excluding hydrogens is 993 g/mol. The third kappa shape index (κ3) is 14.3. The van der Waals surface area contributed by atoms with Gasteiger partial charge in [-0.1, -0.05) is 160 Å². The number of nitrogens with zero attached hydrogens (tertiary/aromatic N) is 3. The minimum Gasteiger partial charge on any atom is -0.347 e. The molecule has 79 heavy (non-hydrogen) atoms. The van der Waals surface area contributed by atoms with E-state index in [0.29, 0.717) is 24.8 Å². The molecule has 424 valence electrons. The van der Waals surface area contributed by atoms with Crippen LogP contribution in [0.25, 0.3) is 0 Å². The molecule has 0 saturated carbocycles. The maximum absolute atomic E-state index is 15.7. The van der Waals surface area contributed by atoms with E-state index in [4.69, 9.17) is 0 Å². The van der Waals surface area contributed by atoms with Gasteiger partial charge in [-0.3, -0.25) is 33.6 Å². The highest BCUT2D eigenvalue weighted by Gasteiger charge is 2.47. The number of carbonyl (C=O) groups is 7. The average molecular weight is 1080 g/mol. The van der Waals surface area contributed by atoms with E-state index in [1.54, 1.807) is 31.0 Å². The van der Waals surface area contributed by atoms with Crippen molar-refractivity contribution in [3.8, 4) is 0 Å². The van der Waals surface area contributed by atoms with Crippen LogP contribution in [0.3, 0.4) is 0 Å². The Kier molecular flexibility index (Phi) is 19.6. The van der Waals surface area contributed by atoms with Crippen LogP contribution < -0.4 is 26.6 Å². The first kappa shape index (κ1) is 59.8. The van der Waals surface area contributed by atoms with Gasteiger partial charge in [0, 0.05) is 43.6 Å². The Balaban J connectivity index is 1.16. The fourth-order valence-electron chi connectivity index (χ4n) is 11.3. The Labute approximate surface area is 468 Å². The molecular formula is C64H86N8O7. The van der Waals surface area contributed by atoms with Crippen LogP contribution in [0, 0.1) is 16.7 Å². The van der Waals surface area contributed by atoms with Crippen molar-refractivity contribution in [2.45, 2.75) is 182 Å². The molecule has 3 aliphatic rings. The van der Waals surface area contributed by atoms with Crippen molar-refractivity contribution in [3.05, 3.63) is 142 Å². The number of amides is 7. The van der Waals surface area contributed by atoms with Crippen LogP contribution in [0.15, 0.2) is 103 Å². The summed E-state index contributed by atoms with van der Waals surface area (Å²) in [6, 6.07) is 27.6. The van der Waals surface area contributed by atoms with E-state index < -0.39 is 53.0 Å². The Bertz CT molecular complexity index is 2810. The summed E-state index contributed by atoms with van der Waals surface area (Å²) < 4.78 is 0. The minimum absolute atomic E-state index is 0.0489. The summed E-state index contributed by atoms with van der Waals surface area (Å²) in [5, 5.41) is 15.4. The number of rotatable bonds is 19. The lowest BCUT2D eigenvalue weighted by Crippen LogP contribution is -2.61. The van der Waals surface area contributed by atoms with Crippen LogP contribution in [0.2, 0.25) is 0 Å². The lowest BCUT2D eigenvalue weighted by atomic mass is 9.83. The predicted octanol–water partition coefficient (Wildman–Crippen LogP) is 8.12. The van der Waals surface area contributed by atoms with Crippen LogP contribution in [0.1, 0.15) is 164 Å². The van der Waals surface area contributed by atoms with E-state index in [1.807, 2.05) is 145 Å². The highest BCUT2D eigenvalue weighted by Crippen LogP contribution is 2.35. The minimum atomic E-state index is -0.964. The SMILES string of the molecule is CCC[C@H](c1ccccc1)N(Cc1ccc(C(=O)N[C@H]2C[C@@H](C(=O)N[C@@H]3CCCc4ccccc43)N(C(=O)[C@@H](NC(=O)[C@H](C)NC)C(C)(C)C)C2)cc1)C(=O)[C@@H]1Cc2ccccc2CN1C(=O)[C@@H](NC(=O)[C@H](C)CC)C(C)(C)C. The first-order valence-corrected chi connectivity index (χ1v) is 28.6. The van der Waals surface area contributed by atoms with E-state index in [9.17, 15) is 24.0 Å². The number of hydrogen-bond acceptors (Lipinski definition) is 8. The fraction of sp³-hybridized carbons (Fsp3) is 0.516. The molecule has 4 aromatic rings. The number of carbonyl (C=O) groups excluding carboxylic acids is 7. The zero-order chi connectivity index (χ0) is 57.3. The number of likely N-dealkylation sites (tertiary alicyclic amines) is 1. The smallest absolute Gasteiger partial charge is 0.251 e. The standard InChI is InChI=1S/C64H86N8O7/c1-12-22-51(44-24-15-14-16-25-44)70(60(77)53-35-46-26-17-18-27-47(46)38-71(53)61(78)54(63(5,6)7)68-56(73)40(3)13-2)37-42-31-33-45(34-32-42)58(75)66-48-36-52(59(76)67-50-30-21-28-43-23-19-20-29-49(43)50)72(39-48)62(79)55(64(8,9)10)69-57(74)41(4)65-11/h14-20,23-27,29,31-34,40-41,48,50-55,65H,12-13,21-22,28,30,35-39H2,1-11H3,(H,66,75)(H,67,76)(H,68,73)(H,69,74)/t40-,41+,48+,50-,51-,52+,53+,54-,55-/m1/s1. The van der Waals surface area contributed by atoms with Crippen molar-refractivity contribution in [1.29, 1.82) is 0 Å². The number of hydrogen-bond donors (Lipinski definition) is 5. The first-order valence-electron chi connectivity index (χ1n) is 28.6. The summed E-state index contributed by atoms with van der Waals surface area (Å²) in [5.74, 6) is -2.49. The van der Waals surface area contributed by atoms with E-state index in [-0.39, 0.29) is 79.5 Å². The van der Waals surface area contributed by atoms with Gasteiger partial charge in [-0.25, -0.2) is 0 Å². The molecule has 1 saturated heterocycles. The lowest BCUT2D eigenvalue weighted by Gasteiger charge is -2.44. The van der Waals surface area contributed by atoms with Crippen LogP contribution in [-0.4, -0.2) is 106 Å². The highest BCUT2D eigenvalue weighted by molar-refractivity contribution is 5.97. The highest BCUT2D eigenvalue weighted by atomic mass is 16.2. The summed E-state index contributed by atoms with van der Waals surface area (Å²) in [6.07, 6.45) is 5.07. The molecule has 0 unspecified atom stereocenters. The van der Waals surface area contributed by atoms with Crippen molar-refractivity contribution in [2.75, 3.05) is 13.6 Å². The molecule has 4 aromatic carbocycles. The molecule has 7 rings (SSSR count). The van der Waals surface area contributed by atoms with Gasteiger partial charge >= 0.3 is 0 Å². The number of benzene rings is 4. The van der Waals surface area contributed by atoms with Crippen molar-refractivity contribution in [2.24, 2.45) is 16.7 Å². The second-order valence-electron chi connectivity index (χ2n) is 24.3. The normalized spacial score (nSPS) is 20.0. The van der Waals surface area contributed by atoms with Gasteiger partial charge in [0.05, 0.1) is 18.1 Å². The Morgan fingerprint density at radius 1 is 0.684 bits per heavy atom. The number of likely N-dealkylation sites (N-methyl/N-ethyl adjacent to an activating group) is 1. The zero-order valence-electron chi connectivity index (χ0n) is 48.5. The molecule has 7 amide bonds. The van der Waals surface area contributed by atoms with Gasteiger partial charge in [0.2, 0.25) is 35.4 Å². The van der Waals surface area contributed by atoms with Gasteiger partial charge in [-0.15, -0.1) is 0 Å². The Morgan fingerprint density at radius 2 is 1.28 bits per heavy atom. The molecule has 2 heterocycles. The average Bonchev–Trinajstić information content (AvgIpc) is 3.92. The number of nitrogens with one attached hydrogen (secondary N) is 5. The second kappa shape index (κ2) is 25.9. The first-order chi connectivity index (χ1) is 37.5. The van der Waals surface area contributed by atoms with Gasteiger partial charge in [0.1, 0.15) is 24.2 Å². The van der Waals surface area contributed by atoms with E-state index in [2.05, 4.69) is 39.6 Å². The zero-order valence-corrected chi connectivity index (χ0v) is 48.5. The van der Waals surface area contributed by atoms with Gasteiger partial charge in [0.15, 0.2) is 0 Å². The predicted molar refractivity (Wildman–Crippen MR) is 308 cm³/mol. The molecule has 0 spiro atoms. The van der Waals surface area contributed by atoms with Gasteiger partial charge in [0.25, 0.3) is 5.91 Å². The van der Waals surface area contributed by atoms with Crippen molar-refractivity contribution < 1.29 is 33.6 Å². The molecule has 2 aliphatic heterocycles. The number of aryl methyl sites for hydroxylation is 1. The summed E-state index contributed by atoms with van der Waals surface area (Å²) >= 11 is 0. The molecule has 15 nitrogen and oxygen atoms in total. The maximum atomic E-state index is 15.7. The van der Waals surface area contributed by atoms with Crippen LogP contribution in [-0.2, 0) is 54.7 Å². The van der Waals surface area contributed by atoms with Crippen molar-refractivity contribution >= 4 is 41.4 Å². The van der Waals surface area contributed by atoms with E-state index in [1.165, 1.54) is 10.5 Å². The van der Waals surface area contributed by atoms with Gasteiger partial charge < -0.3 is 41.3 Å². The summed E-state index contributed by atoms with van der Waals surface area (Å²) in [6.45, 7) is 19.4. The quantitative estimate of drug-likeness (QED) is 0.0623. The van der Waals surface area contributed by atoms with Crippen LogP contribution >= 0.6 is 0 Å². The number of fused-ring (bicyclic) bond motifs is 2. The third-order valence-corrected chi connectivity index (χ3v) is 16.4. The Morgan fingerprint density at radius 3 is 1.90 bits per heavy atom. The molecule has 0 aromatic heterocycles. The Hall–Kier alpha value is -6.87. The third-order valence-electron chi connectivity index (χ3n) is 16.4. The molecule has 9 atom stereocenters. The summed E-state index contributed by atoms with van der Waals surface area (Å²) in [7, 11) is 1.67. The molecule has 1 fully saturated rings. The summed E-state index contributed by atoms with van der Waals surface area (Å²) in [4.78, 5) is 106. The van der Waals surface area contributed by atoms with Crippen LogP contribution in [0.5, 0.6) is 0 Å². The van der Waals surface area contributed by atoms with Gasteiger partial charge in [-0.2, -0.15) is 0 Å². The van der Waals surface area contributed by atoms with Gasteiger partial charge in [-0.05, 0) is 109 Å². The van der Waals surface area contributed by atoms with Crippen LogP contribution in [0.4, 0.5) is 0 Å². The van der Waals surface area contributed by atoms with E-state index in [0.717, 1.165) is 53.5 Å². The van der Waals surface area contributed by atoms with Crippen molar-refractivity contribution in [1.82, 2.24) is 41.3 Å². The molecule has 0 radical (unpaired) electrons. The lowest BCUT2D eigenvalue weighted by molar-refractivity contribution is -0.152. The monoisotopic (exact) mass is 1080 g/mol.